The van der Waals surface area contributed by atoms with Crippen LogP contribution in [0.15, 0.2) is 12.2 Å². The van der Waals surface area contributed by atoms with Crippen LogP contribution in [-0.4, -0.2) is 14.4 Å². The van der Waals surface area contributed by atoms with Crippen LogP contribution < -0.4 is 0 Å². The van der Waals surface area contributed by atoms with Gasteiger partial charge in [0.1, 0.15) is 0 Å². The van der Waals surface area contributed by atoms with Crippen molar-refractivity contribution in [2.24, 2.45) is 23.7 Å². The number of allylic oxidation sites excluding steroid dienone is 2. The summed E-state index contributed by atoms with van der Waals surface area (Å²) in [6.07, 6.45) is 5.66. The van der Waals surface area contributed by atoms with Crippen molar-refractivity contribution in [3.63, 3.8) is 0 Å². The van der Waals surface area contributed by atoms with Crippen molar-refractivity contribution in [1.82, 2.24) is 0 Å². The number of fused-ring (bicyclic) bond motifs is 2. The molecule has 0 amide bonds. The molecule has 2 aliphatic rings. The molecular formula is C10H14O4S. The van der Waals surface area contributed by atoms with Gasteiger partial charge in [0.05, 0.1) is 6.42 Å². The van der Waals surface area contributed by atoms with Crippen LogP contribution in [0.4, 0.5) is 0 Å². The topological polar surface area (TPSA) is 60.4 Å². The van der Waals surface area contributed by atoms with E-state index >= 15 is 0 Å². The predicted octanol–water partition coefficient (Wildman–Crippen LogP) is 0.904. The highest BCUT2D eigenvalue weighted by Crippen LogP contribution is 2.49. The van der Waals surface area contributed by atoms with Crippen LogP contribution in [0.2, 0.25) is 0 Å². The molecule has 4 nitrogen and oxygen atoms in total. The standard InChI is InChI=1S/C10H14O4S/c1-6-7-2-3-8(4-7)9(6)5-10(11)14-15(12)13/h2-3,6-9,15H,4-5H2,1H3. The SMILES string of the molecule is CC1C2C=CC(C2)C1CC(=O)O[SH](=O)=O. The molecule has 2 rings (SSSR count). The Morgan fingerprint density at radius 3 is 2.60 bits per heavy atom. The molecule has 0 aromatic rings. The van der Waals surface area contributed by atoms with Gasteiger partial charge in [0.25, 0.3) is 0 Å². The summed E-state index contributed by atoms with van der Waals surface area (Å²) >= 11 is 0. The van der Waals surface area contributed by atoms with Gasteiger partial charge in [-0.2, -0.15) is 8.42 Å². The highest BCUT2D eigenvalue weighted by atomic mass is 32.2. The van der Waals surface area contributed by atoms with E-state index in [9.17, 15) is 13.2 Å². The largest absolute Gasteiger partial charge is 0.348 e. The molecule has 0 saturated heterocycles. The lowest BCUT2D eigenvalue weighted by Gasteiger charge is -2.23. The zero-order valence-electron chi connectivity index (χ0n) is 8.46. The molecule has 2 bridgehead atoms. The molecule has 84 valence electrons. The Morgan fingerprint density at radius 1 is 1.40 bits per heavy atom. The van der Waals surface area contributed by atoms with Crippen molar-refractivity contribution < 1.29 is 17.4 Å². The third-order valence-corrected chi connectivity index (χ3v) is 3.98. The second-order valence-electron chi connectivity index (χ2n) is 4.36. The second kappa shape index (κ2) is 3.96. The fourth-order valence-electron chi connectivity index (χ4n) is 2.82. The first-order valence-electron chi connectivity index (χ1n) is 5.11. The van der Waals surface area contributed by atoms with Crippen molar-refractivity contribution in [3.8, 4) is 0 Å². The number of hydrogen-bond acceptors (Lipinski definition) is 4. The summed E-state index contributed by atoms with van der Waals surface area (Å²) in [7, 11) is -3.05. The molecule has 0 spiro atoms. The quantitative estimate of drug-likeness (QED) is 0.578. The van der Waals surface area contributed by atoms with E-state index < -0.39 is 17.0 Å². The van der Waals surface area contributed by atoms with E-state index in [2.05, 4.69) is 23.3 Å². The molecule has 2 aliphatic carbocycles. The summed E-state index contributed by atoms with van der Waals surface area (Å²) < 4.78 is 24.6. The average Bonchev–Trinajstić information content (AvgIpc) is 2.68. The van der Waals surface area contributed by atoms with Crippen LogP contribution >= 0.6 is 0 Å². The fourth-order valence-corrected chi connectivity index (χ4v) is 3.06. The van der Waals surface area contributed by atoms with Crippen molar-refractivity contribution >= 4 is 17.0 Å². The molecule has 0 heterocycles. The summed E-state index contributed by atoms with van der Waals surface area (Å²) in [5.74, 6) is 1.08. The van der Waals surface area contributed by atoms with E-state index in [1.165, 1.54) is 0 Å². The molecule has 0 radical (unpaired) electrons. The molecule has 4 atom stereocenters. The van der Waals surface area contributed by atoms with Gasteiger partial charge >= 0.3 is 17.0 Å². The van der Waals surface area contributed by atoms with E-state index in [0.717, 1.165) is 6.42 Å². The lowest BCUT2D eigenvalue weighted by Crippen LogP contribution is -2.21. The normalized spacial score (nSPS) is 37.5. The molecule has 0 aromatic heterocycles. The third-order valence-electron chi connectivity index (χ3n) is 3.63. The van der Waals surface area contributed by atoms with E-state index in [0.29, 0.717) is 17.8 Å². The fraction of sp³-hybridized carbons (Fsp3) is 0.700. The summed E-state index contributed by atoms with van der Waals surface area (Å²) in [5.41, 5.74) is 0. The molecule has 4 unspecified atom stereocenters. The molecule has 0 aromatic carbocycles. The Morgan fingerprint density at radius 2 is 2.07 bits per heavy atom. The van der Waals surface area contributed by atoms with E-state index in [-0.39, 0.29) is 12.3 Å². The van der Waals surface area contributed by atoms with Crippen molar-refractivity contribution in [3.05, 3.63) is 12.2 Å². The Bertz CT molecular complexity index is 364. The Hall–Kier alpha value is -0.840. The lowest BCUT2D eigenvalue weighted by molar-refractivity contribution is -0.135. The van der Waals surface area contributed by atoms with Crippen LogP contribution in [-0.2, 0) is 20.0 Å². The van der Waals surface area contributed by atoms with Crippen molar-refractivity contribution in [2.75, 3.05) is 0 Å². The highest BCUT2D eigenvalue weighted by molar-refractivity contribution is 7.67. The molecule has 1 fully saturated rings. The smallest absolute Gasteiger partial charge is 0.322 e. The predicted molar refractivity (Wildman–Crippen MR) is 54.4 cm³/mol. The van der Waals surface area contributed by atoms with Crippen LogP contribution in [0.3, 0.4) is 0 Å². The van der Waals surface area contributed by atoms with Gasteiger partial charge in [-0.25, -0.2) is 0 Å². The van der Waals surface area contributed by atoms with Crippen LogP contribution in [0.25, 0.3) is 0 Å². The zero-order valence-corrected chi connectivity index (χ0v) is 9.35. The van der Waals surface area contributed by atoms with Crippen molar-refractivity contribution in [2.45, 2.75) is 19.8 Å². The molecule has 1 saturated carbocycles. The molecule has 0 aliphatic heterocycles. The minimum Gasteiger partial charge on any atom is -0.348 e. The minimum absolute atomic E-state index is 0.218. The first kappa shape index (κ1) is 10.7. The molecule has 5 heteroatoms. The van der Waals surface area contributed by atoms with Gasteiger partial charge in [-0.3, -0.25) is 4.79 Å². The maximum absolute atomic E-state index is 11.2. The number of carbonyl (C=O) groups is 1. The van der Waals surface area contributed by atoms with Gasteiger partial charge in [0, 0.05) is 0 Å². The van der Waals surface area contributed by atoms with E-state index in [1.54, 1.807) is 0 Å². The second-order valence-corrected chi connectivity index (χ2v) is 4.99. The molecular weight excluding hydrogens is 216 g/mol. The average molecular weight is 230 g/mol. The Labute approximate surface area is 90.5 Å². The summed E-state index contributed by atoms with van der Waals surface area (Å²) in [5, 5.41) is 0. The first-order valence-corrected chi connectivity index (χ1v) is 6.21. The number of rotatable bonds is 3. The minimum atomic E-state index is -3.05. The summed E-state index contributed by atoms with van der Waals surface area (Å²) in [4.78, 5) is 11.2. The van der Waals surface area contributed by atoms with Gasteiger partial charge in [0.15, 0.2) is 0 Å². The third kappa shape index (κ3) is 2.07. The number of hydrogen-bond donors (Lipinski definition) is 1. The van der Waals surface area contributed by atoms with E-state index in [4.69, 9.17) is 0 Å². The monoisotopic (exact) mass is 230 g/mol. The van der Waals surface area contributed by atoms with Gasteiger partial charge in [-0.15, -0.1) is 0 Å². The van der Waals surface area contributed by atoms with Crippen molar-refractivity contribution in [1.29, 1.82) is 0 Å². The van der Waals surface area contributed by atoms with Crippen LogP contribution in [0, 0.1) is 23.7 Å². The number of carbonyl (C=O) groups excluding carboxylic acids is 1. The zero-order chi connectivity index (χ0) is 11.0. The Balaban J connectivity index is 1.96. The maximum Gasteiger partial charge on any atom is 0.322 e. The van der Waals surface area contributed by atoms with Gasteiger partial charge < -0.3 is 4.18 Å². The summed E-state index contributed by atoms with van der Waals surface area (Å²) in [6.45, 7) is 2.11. The van der Waals surface area contributed by atoms with Crippen LogP contribution in [0.1, 0.15) is 19.8 Å². The van der Waals surface area contributed by atoms with Gasteiger partial charge in [0.2, 0.25) is 0 Å². The molecule has 0 N–H and O–H groups in total. The highest BCUT2D eigenvalue weighted by Gasteiger charge is 2.42. The van der Waals surface area contributed by atoms with Gasteiger partial charge in [-0.05, 0) is 30.1 Å². The Kier molecular flexibility index (Phi) is 2.82. The van der Waals surface area contributed by atoms with Gasteiger partial charge in [-0.1, -0.05) is 19.1 Å². The van der Waals surface area contributed by atoms with Crippen LogP contribution in [0.5, 0.6) is 0 Å². The summed E-state index contributed by atoms with van der Waals surface area (Å²) in [6, 6.07) is 0. The first-order chi connectivity index (χ1) is 7.08. The molecule has 15 heavy (non-hydrogen) atoms. The maximum atomic E-state index is 11.2. The van der Waals surface area contributed by atoms with E-state index in [1.807, 2.05) is 0 Å². The number of thiol groups is 1. The lowest BCUT2D eigenvalue weighted by atomic mass is 9.82.